The van der Waals surface area contributed by atoms with E-state index in [1.165, 1.54) is 17.5 Å². The highest BCUT2D eigenvalue weighted by Gasteiger charge is 2.35. The van der Waals surface area contributed by atoms with Gasteiger partial charge < -0.3 is 14.7 Å². The average Bonchev–Trinajstić information content (AvgIpc) is 3.15. The van der Waals surface area contributed by atoms with Crippen LogP contribution < -0.4 is 4.74 Å². The summed E-state index contributed by atoms with van der Waals surface area (Å²) in [6, 6.07) is 15.6. The van der Waals surface area contributed by atoms with Gasteiger partial charge >= 0.3 is 0 Å². The van der Waals surface area contributed by atoms with E-state index in [2.05, 4.69) is 12.1 Å². The summed E-state index contributed by atoms with van der Waals surface area (Å²) >= 11 is 0. The number of ether oxygens (including phenoxy) is 1. The minimum atomic E-state index is -0.870. The molecule has 2 aliphatic rings. The van der Waals surface area contributed by atoms with Gasteiger partial charge in [0, 0.05) is 18.7 Å². The van der Waals surface area contributed by atoms with Crippen molar-refractivity contribution in [3.05, 3.63) is 65.2 Å². The zero-order valence-corrected chi connectivity index (χ0v) is 15.0. The van der Waals surface area contributed by atoms with Crippen molar-refractivity contribution in [3.8, 4) is 5.75 Å². The molecule has 4 nitrogen and oxygen atoms in total. The van der Waals surface area contributed by atoms with Crippen LogP contribution >= 0.6 is 0 Å². The number of aliphatic hydroxyl groups is 1. The van der Waals surface area contributed by atoms with Crippen LogP contribution in [-0.2, 0) is 12.8 Å². The summed E-state index contributed by atoms with van der Waals surface area (Å²) < 4.78 is 5.73. The summed E-state index contributed by atoms with van der Waals surface area (Å²) in [5.74, 6) is 0.836. The van der Waals surface area contributed by atoms with Gasteiger partial charge in [0.05, 0.1) is 0 Å². The molecule has 0 spiro atoms. The third-order valence-electron chi connectivity index (χ3n) is 5.58. The number of benzene rings is 2. The number of hydrogen-bond acceptors (Lipinski definition) is 3. The molecular weight excluding hydrogens is 326 g/mol. The Morgan fingerprint density at radius 2 is 1.77 bits per heavy atom. The van der Waals surface area contributed by atoms with E-state index in [4.69, 9.17) is 4.74 Å². The van der Waals surface area contributed by atoms with Crippen molar-refractivity contribution in [3.63, 3.8) is 0 Å². The first-order valence-corrected chi connectivity index (χ1v) is 9.44. The molecule has 1 aliphatic carbocycles. The molecule has 2 aromatic rings. The summed E-state index contributed by atoms with van der Waals surface area (Å²) in [5.41, 5.74) is 2.61. The van der Waals surface area contributed by atoms with Crippen LogP contribution in [0, 0.1) is 0 Å². The van der Waals surface area contributed by atoms with E-state index in [9.17, 15) is 9.90 Å². The van der Waals surface area contributed by atoms with E-state index < -0.39 is 5.60 Å². The van der Waals surface area contributed by atoms with Gasteiger partial charge in [-0.25, -0.2) is 0 Å². The van der Waals surface area contributed by atoms with Gasteiger partial charge in [0.25, 0.3) is 5.91 Å². The van der Waals surface area contributed by atoms with Crippen molar-refractivity contribution in [2.75, 3.05) is 19.7 Å². The van der Waals surface area contributed by atoms with Crippen LogP contribution in [0.25, 0.3) is 0 Å². The van der Waals surface area contributed by atoms with Crippen molar-refractivity contribution < 1.29 is 14.6 Å². The number of para-hydroxylation sites is 1. The maximum atomic E-state index is 12.8. The second-order valence-corrected chi connectivity index (χ2v) is 7.46. The number of rotatable bonds is 4. The molecule has 26 heavy (non-hydrogen) atoms. The molecule has 4 rings (SSSR count). The van der Waals surface area contributed by atoms with Crippen molar-refractivity contribution in [1.29, 1.82) is 0 Å². The number of aryl methyl sites for hydroxylation is 2. The van der Waals surface area contributed by atoms with E-state index in [-0.39, 0.29) is 12.5 Å². The number of carbonyl (C=O) groups is 1. The van der Waals surface area contributed by atoms with Gasteiger partial charge in [-0.1, -0.05) is 24.3 Å². The molecule has 1 N–H and O–H groups in total. The smallest absolute Gasteiger partial charge is 0.253 e. The minimum absolute atomic E-state index is 0.0747. The molecule has 0 aromatic heterocycles. The van der Waals surface area contributed by atoms with E-state index in [1.807, 2.05) is 41.3 Å². The Hall–Kier alpha value is -2.33. The van der Waals surface area contributed by atoms with Gasteiger partial charge in [0.15, 0.2) is 0 Å². The quantitative estimate of drug-likeness (QED) is 0.920. The maximum absolute atomic E-state index is 12.8. The topological polar surface area (TPSA) is 49.8 Å². The summed E-state index contributed by atoms with van der Waals surface area (Å²) in [7, 11) is 0. The highest BCUT2D eigenvalue weighted by molar-refractivity contribution is 5.94. The van der Waals surface area contributed by atoms with Gasteiger partial charge in [-0.3, -0.25) is 4.79 Å². The fourth-order valence-electron chi connectivity index (χ4n) is 3.89. The zero-order valence-electron chi connectivity index (χ0n) is 15.0. The van der Waals surface area contributed by atoms with E-state index in [0.29, 0.717) is 25.9 Å². The number of carbonyl (C=O) groups excluding carboxylic acids is 1. The Kier molecular flexibility index (Phi) is 4.68. The second kappa shape index (κ2) is 7.12. The van der Waals surface area contributed by atoms with Crippen LogP contribution in [-0.4, -0.2) is 41.2 Å². The lowest BCUT2D eigenvalue weighted by molar-refractivity contribution is -0.0475. The number of likely N-dealkylation sites (tertiary alicyclic amines) is 1. The molecular formula is C22H25NO3. The van der Waals surface area contributed by atoms with Crippen molar-refractivity contribution >= 4 is 5.91 Å². The normalized spacial score (nSPS) is 18.4. The lowest BCUT2D eigenvalue weighted by atomic mass is 9.92. The number of amides is 1. The fraction of sp³-hybridized carbons (Fsp3) is 0.409. The van der Waals surface area contributed by atoms with Crippen LogP contribution in [0.4, 0.5) is 0 Å². The standard InChI is InChI=1S/C22H25NO3/c24-21(19-10-9-17-5-4-6-18(17)15-19)23-13-11-22(25,12-14-23)16-26-20-7-2-1-3-8-20/h1-3,7-10,15,25H,4-6,11-14,16H2. The fourth-order valence-corrected chi connectivity index (χ4v) is 3.89. The summed E-state index contributed by atoms with van der Waals surface area (Å²) in [6.45, 7) is 1.38. The first-order valence-electron chi connectivity index (χ1n) is 9.44. The first kappa shape index (κ1) is 17.1. The maximum Gasteiger partial charge on any atom is 0.253 e. The predicted molar refractivity (Wildman–Crippen MR) is 100 cm³/mol. The van der Waals surface area contributed by atoms with Gasteiger partial charge in [-0.2, -0.15) is 0 Å². The van der Waals surface area contributed by atoms with Gasteiger partial charge in [-0.05, 0) is 67.5 Å². The third kappa shape index (κ3) is 3.61. The molecule has 1 fully saturated rings. The number of fused-ring (bicyclic) bond motifs is 1. The van der Waals surface area contributed by atoms with Crippen LogP contribution in [0.5, 0.6) is 5.75 Å². The average molecular weight is 351 g/mol. The van der Waals surface area contributed by atoms with Gasteiger partial charge in [0.1, 0.15) is 18.0 Å². The summed E-state index contributed by atoms with van der Waals surface area (Å²) in [5, 5.41) is 10.8. The lowest BCUT2D eigenvalue weighted by Crippen LogP contribution is -2.49. The molecule has 4 heteroatoms. The minimum Gasteiger partial charge on any atom is -0.491 e. The first-order chi connectivity index (χ1) is 12.6. The molecule has 0 bridgehead atoms. The molecule has 0 radical (unpaired) electrons. The lowest BCUT2D eigenvalue weighted by Gasteiger charge is -2.38. The monoisotopic (exact) mass is 351 g/mol. The van der Waals surface area contributed by atoms with E-state index in [1.54, 1.807) is 0 Å². The number of nitrogens with zero attached hydrogens (tertiary/aromatic N) is 1. The summed E-state index contributed by atoms with van der Waals surface area (Å²) in [4.78, 5) is 14.7. The highest BCUT2D eigenvalue weighted by atomic mass is 16.5. The number of hydrogen-bond donors (Lipinski definition) is 1. The molecule has 1 saturated heterocycles. The molecule has 1 amide bonds. The van der Waals surface area contributed by atoms with Crippen molar-refractivity contribution in [2.24, 2.45) is 0 Å². The Morgan fingerprint density at radius 3 is 2.54 bits per heavy atom. The molecule has 0 atom stereocenters. The molecule has 0 unspecified atom stereocenters. The van der Waals surface area contributed by atoms with Crippen molar-refractivity contribution in [2.45, 2.75) is 37.7 Å². The Balaban J connectivity index is 1.34. The number of piperidine rings is 1. The van der Waals surface area contributed by atoms with Crippen LogP contribution in [0.1, 0.15) is 40.7 Å². The predicted octanol–water partition coefficient (Wildman–Crippen LogP) is 3.22. The largest absolute Gasteiger partial charge is 0.491 e. The molecule has 1 heterocycles. The van der Waals surface area contributed by atoms with Crippen LogP contribution in [0.2, 0.25) is 0 Å². The van der Waals surface area contributed by atoms with E-state index >= 15 is 0 Å². The molecule has 1 aliphatic heterocycles. The van der Waals surface area contributed by atoms with Crippen LogP contribution in [0.15, 0.2) is 48.5 Å². The summed E-state index contributed by atoms with van der Waals surface area (Å²) in [6.07, 6.45) is 4.47. The highest BCUT2D eigenvalue weighted by Crippen LogP contribution is 2.27. The Bertz CT molecular complexity index is 779. The molecule has 136 valence electrons. The SMILES string of the molecule is O=C(c1ccc2c(c1)CCC2)N1CCC(O)(COc2ccccc2)CC1. The van der Waals surface area contributed by atoms with Crippen LogP contribution in [0.3, 0.4) is 0 Å². The Morgan fingerprint density at radius 1 is 1.04 bits per heavy atom. The third-order valence-corrected chi connectivity index (χ3v) is 5.58. The van der Waals surface area contributed by atoms with Gasteiger partial charge in [0.2, 0.25) is 0 Å². The molecule has 0 saturated carbocycles. The Labute approximate surface area is 154 Å². The van der Waals surface area contributed by atoms with E-state index in [0.717, 1.165) is 24.2 Å². The molecule has 2 aromatic carbocycles. The zero-order chi connectivity index (χ0) is 18.0. The van der Waals surface area contributed by atoms with Crippen molar-refractivity contribution in [1.82, 2.24) is 4.90 Å². The second-order valence-electron chi connectivity index (χ2n) is 7.46. The van der Waals surface area contributed by atoms with Gasteiger partial charge in [-0.15, -0.1) is 0 Å².